The Hall–Kier alpha value is -3.30. The summed E-state index contributed by atoms with van der Waals surface area (Å²) in [6.45, 7) is 1.13. The Morgan fingerprint density at radius 1 is 0.914 bits per heavy atom. The number of para-hydroxylation sites is 1. The first-order chi connectivity index (χ1) is 16.6. The molecule has 0 bridgehead atoms. The van der Waals surface area contributed by atoms with Crippen molar-refractivity contribution in [3.8, 4) is 5.75 Å². The SMILES string of the molecule is C[C@]1(C(=O)c2c(F)c(F)c(F)c(F)c2F)[C@@H]2c3ccccc3OC(=O)[C@]21C(=O)NC1CCCCC1. The lowest BCUT2D eigenvalue weighted by molar-refractivity contribution is -0.149. The molecule has 2 aliphatic carbocycles. The van der Waals surface area contributed by atoms with Crippen LogP contribution in [-0.4, -0.2) is 23.7 Å². The number of ether oxygens (including phenoxy) is 1. The number of fused-ring (bicyclic) bond motifs is 3. The molecule has 35 heavy (non-hydrogen) atoms. The molecule has 1 amide bonds. The minimum Gasteiger partial charge on any atom is -0.425 e. The van der Waals surface area contributed by atoms with E-state index in [1.807, 2.05) is 0 Å². The van der Waals surface area contributed by atoms with Crippen molar-refractivity contribution in [1.82, 2.24) is 5.32 Å². The highest BCUT2D eigenvalue weighted by Crippen LogP contribution is 2.78. The maximum absolute atomic E-state index is 14.6. The van der Waals surface area contributed by atoms with E-state index in [4.69, 9.17) is 4.74 Å². The van der Waals surface area contributed by atoms with E-state index in [9.17, 15) is 36.3 Å². The minimum atomic E-state index is -2.41. The maximum Gasteiger partial charge on any atom is 0.328 e. The Kier molecular flexibility index (Phi) is 5.26. The standard InChI is InChI=1S/C25H20F5NO4/c1-24(21(32)14-15(26)17(28)19(30)18(29)16(14)27)20-12-9-5-6-10-13(12)35-23(34)25(20,24)22(33)31-11-7-3-2-4-8-11/h5-6,9-11,20H,2-4,7-8H2,1H3,(H,31,33)/t20-,24+,25+/m0/s1. The molecule has 2 fully saturated rings. The van der Waals surface area contributed by atoms with Crippen LogP contribution in [0.1, 0.15) is 60.9 Å². The van der Waals surface area contributed by atoms with Crippen molar-refractivity contribution in [1.29, 1.82) is 0 Å². The highest BCUT2D eigenvalue weighted by Gasteiger charge is 2.88. The second-order valence-electron chi connectivity index (χ2n) is 9.45. The highest BCUT2D eigenvalue weighted by molar-refractivity contribution is 6.21. The smallest absolute Gasteiger partial charge is 0.328 e. The lowest BCUT2D eigenvalue weighted by Crippen LogP contribution is -2.49. The molecule has 10 heteroatoms. The van der Waals surface area contributed by atoms with E-state index in [2.05, 4.69) is 5.32 Å². The van der Waals surface area contributed by atoms with E-state index in [1.54, 1.807) is 12.1 Å². The van der Waals surface area contributed by atoms with Crippen molar-refractivity contribution < 1.29 is 41.1 Å². The Balaban J connectivity index is 1.66. The number of ketones is 1. The van der Waals surface area contributed by atoms with Crippen LogP contribution >= 0.6 is 0 Å². The van der Waals surface area contributed by atoms with Crippen LogP contribution in [0.25, 0.3) is 0 Å². The molecule has 5 rings (SSSR count). The van der Waals surface area contributed by atoms with Crippen LogP contribution in [0, 0.1) is 39.9 Å². The van der Waals surface area contributed by atoms with Crippen LogP contribution in [0.15, 0.2) is 24.3 Å². The van der Waals surface area contributed by atoms with Crippen LogP contribution in [0.3, 0.4) is 0 Å². The summed E-state index contributed by atoms with van der Waals surface area (Å²) >= 11 is 0. The van der Waals surface area contributed by atoms with Gasteiger partial charge in [-0.3, -0.25) is 14.4 Å². The van der Waals surface area contributed by atoms with Gasteiger partial charge in [-0.1, -0.05) is 37.5 Å². The quantitative estimate of drug-likeness (QED) is 0.127. The third-order valence-electron chi connectivity index (χ3n) is 7.71. The van der Waals surface area contributed by atoms with Crippen molar-refractivity contribution >= 4 is 17.7 Å². The number of amides is 1. The number of hydrogen-bond donors (Lipinski definition) is 1. The molecule has 1 heterocycles. The van der Waals surface area contributed by atoms with Crippen molar-refractivity contribution in [2.45, 2.75) is 51.0 Å². The normalized spacial score (nSPS) is 27.5. The zero-order valence-electron chi connectivity index (χ0n) is 18.5. The number of halogens is 5. The molecule has 0 radical (unpaired) electrons. The third kappa shape index (κ3) is 2.94. The van der Waals surface area contributed by atoms with Gasteiger partial charge in [-0.25, -0.2) is 22.0 Å². The number of carbonyl (C=O) groups is 3. The monoisotopic (exact) mass is 493 g/mol. The Bertz CT molecular complexity index is 1260. The lowest BCUT2D eigenvalue weighted by Gasteiger charge is -2.28. The van der Waals surface area contributed by atoms with Gasteiger partial charge in [0.2, 0.25) is 11.7 Å². The number of esters is 1. The number of benzene rings is 2. The van der Waals surface area contributed by atoms with Crippen molar-refractivity contribution in [2.75, 3.05) is 0 Å². The summed E-state index contributed by atoms with van der Waals surface area (Å²) in [4.78, 5) is 40.5. The van der Waals surface area contributed by atoms with E-state index in [0.717, 1.165) is 26.2 Å². The molecule has 1 aliphatic heterocycles. The van der Waals surface area contributed by atoms with E-state index in [1.165, 1.54) is 12.1 Å². The topological polar surface area (TPSA) is 72.5 Å². The van der Waals surface area contributed by atoms with Crippen LogP contribution in [0.2, 0.25) is 0 Å². The van der Waals surface area contributed by atoms with Gasteiger partial charge in [-0.15, -0.1) is 0 Å². The molecule has 5 nitrogen and oxygen atoms in total. The average Bonchev–Trinajstić information content (AvgIpc) is 3.45. The fourth-order valence-corrected chi connectivity index (χ4v) is 5.87. The van der Waals surface area contributed by atoms with Gasteiger partial charge in [-0.2, -0.15) is 0 Å². The van der Waals surface area contributed by atoms with Gasteiger partial charge in [0.15, 0.2) is 34.5 Å². The Labute approximate surface area is 196 Å². The molecule has 3 aliphatic rings. The lowest BCUT2D eigenvalue weighted by atomic mass is 9.85. The van der Waals surface area contributed by atoms with Crippen molar-refractivity contribution in [2.24, 2.45) is 10.8 Å². The van der Waals surface area contributed by atoms with Crippen LogP contribution in [0.4, 0.5) is 22.0 Å². The minimum absolute atomic E-state index is 0.0533. The molecule has 1 N–H and O–H groups in total. The van der Waals surface area contributed by atoms with E-state index >= 15 is 0 Å². The highest BCUT2D eigenvalue weighted by atomic mass is 19.2. The van der Waals surface area contributed by atoms with Crippen molar-refractivity contribution in [3.05, 3.63) is 64.5 Å². The van der Waals surface area contributed by atoms with Gasteiger partial charge >= 0.3 is 5.97 Å². The van der Waals surface area contributed by atoms with Gasteiger partial charge in [-0.05, 0) is 25.8 Å². The molecule has 3 atom stereocenters. The van der Waals surface area contributed by atoms with Crippen LogP contribution in [0.5, 0.6) is 5.75 Å². The van der Waals surface area contributed by atoms with Crippen LogP contribution < -0.4 is 10.1 Å². The summed E-state index contributed by atoms with van der Waals surface area (Å²) in [5, 5.41) is 2.77. The van der Waals surface area contributed by atoms with Gasteiger partial charge in [0.25, 0.3) is 0 Å². The third-order valence-corrected chi connectivity index (χ3v) is 7.71. The molecule has 0 unspecified atom stereocenters. The molecule has 2 saturated carbocycles. The summed E-state index contributed by atoms with van der Waals surface area (Å²) in [5.41, 5.74) is -5.82. The number of nitrogens with one attached hydrogen (secondary N) is 1. The van der Waals surface area contributed by atoms with E-state index in [-0.39, 0.29) is 17.4 Å². The summed E-state index contributed by atoms with van der Waals surface area (Å²) in [7, 11) is 0. The van der Waals surface area contributed by atoms with Crippen LogP contribution in [-0.2, 0) is 9.59 Å². The second kappa shape index (κ2) is 7.86. The zero-order chi connectivity index (χ0) is 25.3. The molecule has 0 aromatic heterocycles. The zero-order valence-corrected chi connectivity index (χ0v) is 18.5. The fourth-order valence-electron chi connectivity index (χ4n) is 5.87. The molecule has 2 aromatic carbocycles. The first-order valence-electron chi connectivity index (χ1n) is 11.3. The van der Waals surface area contributed by atoms with E-state index in [0.29, 0.717) is 12.8 Å². The molecule has 2 aromatic rings. The predicted molar refractivity (Wildman–Crippen MR) is 111 cm³/mol. The molecular weight excluding hydrogens is 473 g/mol. The number of rotatable bonds is 4. The summed E-state index contributed by atoms with van der Waals surface area (Å²) in [5.74, 6) is -16.3. The first kappa shape index (κ1) is 23.4. The van der Waals surface area contributed by atoms with Crippen molar-refractivity contribution in [3.63, 3.8) is 0 Å². The molecule has 0 spiro atoms. The van der Waals surface area contributed by atoms with E-state index < -0.39 is 69.1 Å². The summed E-state index contributed by atoms with van der Waals surface area (Å²) < 4.78 is 76.1. The molecule has 0 saturated heterocycles. The second-order valence-corrected chi connectivity index (χ2v) is 9.45. The number of carbonyl (C=O) groups excluding carboxylic acids is 3. The number of hydrogen-bond acceptors (Lipinski definition) is 4. The maximum atomic E-state index is 14.6. The molecular formula is C25H20F5NO4. The van der Waals surface area contributed by atoms with Gasteiger partial charge in [0, 0.05) is 17.5 Å². The summed E-state index contributed by atoms with van der Waals surface area (Å²) in [6.07, 6.45) is 3.94. The first-order valence-corrected chi connectivity index (χ1v) is 11.3. The number of Topliss-reactive ketones (excluding diaryl/α,β-unsaturated/α-hetero) is 1. The Morgan fingerprint density at radius 3 is 2.11 bits per heavy atom. The largest absolute Gasteiger partial charge is 0.425 e. The predicted octanol–water partition coefficient (Wildman–Crippen LogP) is 4.72. The summed E-state index contributed by atoms with van der Waals surface area (Å²) in [6, 6.07) is 5.74. The van der Waals surface area contributed by atoms with Gasteiger partial charge in [0.05, 0.1) is 11.0 Å². The van der Waals surface area contributed by atoms with Gasteiger partial charge in [0.1, 0.15) is 5.75 Å². The Morgan fingerprint density at radius 2 is 1.49 bits per heavy atom. The fraction of sp³-hybridized carbons (Fsp3) is 0.400. The van der Waals surface area contributed by atoms with Gasteiger partial charge < -0.3 is 10.1 Å². The molecule has 184 valence electrons. The average molecular weight is 493 g/mol.